The summed E-state index contributed by atoms with van der Waals surface area (Å²) >= 11 is 0. The second-order valence-electron chi connectivity index (χ2n) is 5.23. The van der Waals surface area contributed by atoms with Crippen molar-refractivity contribution in [3.63, 3.8) is 0 Å². The fourth-order valence-electron chi connectivity index (χ4n) is 2.06. The third kappa shape index (κ3) is 3.88. The van der Waals surface area contributed by atoms with Crippen molar-refractivity contribution in [3.05, 3.63) is 46.0 Å². The first-order valence-corrected chi connectivity index (χ1v) is 6.91. The molecular formula is C15H19N3O3. The molecule has 0 amide bonds. The Morgan fingerprint density at radius 3 is 2.81 bits per heavy atom. The third-order valence-electron chi connectivity index (χ3n) is 3.13. The number of nitrogens with one attached hydrogen (secondary N) is 1. The Kier molecular flexibility index (Phi) is 4.70. The summed E-state index contributed by atoms with van der Waals surface area (Å²) in [5, 5.41) is 14.0. The minimum Gasteiger partial charge on any atom is -0.441 e. The van der Waals surface area contributed by atoms with Crippen LogP contribution < -0.4 is 5.32 Å². The van der Waals surface area contributed by atoms with Crippen LogP contribution in [0.25, 0.3) is 11.3 Å². The van der Waals surface area contributed by atoms with E-state index in [0.29, 0.717) is 24.1 Å². The fourth-order valence-corrected chi connectivity index (χ4v) is 2.06. The zero-order valence-electron chi connectivity index (χ0n) is 12.4. The predicted molar refractivity (Wildman–Crippen MR) is 80.2 cm³/mol. The van der Waals surface area contributed by atoms with Crippen LogP contribution in [0.5, 0.6) is 0 Å². The SMILES string of the molecule is Cc1cc([N+](=O)[O-])ccc1-c1cnc(CCNC(C)C)o1. The molecule has 0 aliphatic rings. The molecule has 0 bridgehead atoms. The van der Waals surface area contributed by atoms with E-state index < -0.39 is 4.92 Å². The van der Waals surface area contributed by atoms with E-state index in [4.69, 9.17) is 4.42 Å². The molecule has 1 heterocycles. The quantitative estimate of drug-likeness (QED) is 0.652. The van der Waals surface area contributed by atoms with E-state index in [1.807, 2.05) is 6.92 Å². The minimum absolute atomic E-state index is 0.0807. The Morgan fingerprint density at radius 1 is 1.43 bits per heavy atom. The van der Waals surface area contributed by atoms with Gasteiger partial charge in [-0.1, -0.05) is 13.8 Å². The summed E-state index contributed by atoms with van der Waals surface area (Å²) in [6.07, 6.45) is 2.38. The minimum atomic E-state index is -0.403. The molecule has 0 aliphatic heterocycles. The molecule has 6 nitrogen and oxygen atoms in total. The van der Waals surface area contributed by atoms with Crippen molar-refractivity contribution < 1.29 is 9.34 Å². The molecule has 0 fully saturated rings. The van der Waals surface area contributed by atoms with Gasteiger partial charge in [-0.05, 0) is 18.6 Å². The maximum Gasteiger partial charge on any atom is 0.269 e. The van der Waals surface area contributed by atoms with E-state index in [0.717, 1.165) is 17.7 Å². The molecule has 0 unspecified atom stereocenters. The summed E-state index contributed by atoms with van der Waals surface area (Å²) in [6.45, 7) is 6.80. The number of hydrogen-bond acceptors (Lipinski definition) is 5. The molecule has 1 aromatic carbocycles. The van der Waals surface area contributed by atoms with E-state index in [-0.39, 0.29) is 5.69 Å². The molecule has 1 N–H and O–H groups in total. The van der Waals surface area contributed by atoms with Crippen LogP contribution in [-0.2, 0) is 6.42 Å². The standard InChI is InChI=1S/C15H19N3O3/c1-10(2)16-7-6-15-17-9-14(21-15)13-5-4-12(18(19)20)8-11(13)3/h4-5,8-10,16H,6-7H2,1-3H3. The maximum absolute atomic E-state index is 10.7. The van der Waals surface area contributed by atoms with Crippen LogP contribution in [-0.4, -0.2) is 22.5 Å². The number of nitro benzene ring substituents is 1. The lowest BCUT2D eigenvalue weighted by Gasteiger charge is -2.05. The van der Waals surface area contributed by atoms with E-state index >= 15 is 0 Å². The highest BCUT2D eigenvalue weighted by Crippen LogP contribution is 2.27. The van der Waals surface area contributed by atoms with Crippen molar-refractivity contribution in [1.29, 1.82) is 0 Å². The normalized spacial score (nSPS) is 11.0. The lowest BCUT2D eigenvalue weighted by molar-refractivity contribution is -0.384. The molecule has 2 rings (SSSR count). The number of aryl methyl sites for hydroxylation is 1. The number of non-ortho nitro benzene ring substituents is 1. The zero-order chi connectivity index (χ0) is 15.4. The Morgan fingerprint density at radius 2 is 2.19 bits per heavy atom. The molecule has 21 heavy (non-hydrogen) atoms. The number of nitrogens with zero attached hydrogens (tertiary/aromatic N) is 2. The number of benzene rings is 1. The highest BCUT2D eigenvalue weighted by molar-refractivity contribution is 5.63. The summed E-state index contributed by atoms with van der Waals surface area (Å²) in [7, 11) is 0. The molecule has 2 aromatic rings. The van der Waals surface area contributed by atoms with Crippen LogP contribution in [0, 0.1) is 17.0 Å². The number of aromatic nitrogens is 1. The topological polar surface area (TPSA) is 81.2 Å². The fraction of sp³-hybridized carbons (Fsp3) is 0.400. The molecule has 6 heteroatoms. The van der Waals surface area contributed by atoms with Crippen LogP contribution >= 0.6 is 0 Å². The van der Waals surface area contributed by atoms with Crippen LogP contribution in [0.2, 0.25) is 0 Å². The Bertz CT molecular complexity index is 635. The van der Waals surface area contributed by atoms with Gasteiger partial charge < -0.3 is 9.73 Å². The van der Waals surface area contributed by atoms with Gasteiger partial charge in [0.1, 0.15) is 0 Å². The van der Waals surface area contributed by atoms with Gasteiger partial charge in [0, 0.05) is 36.7 Å². The first-order chi connectivity index (χ1) is 9.97. The van der Waals surface area contributed by atoms with Gasteiger partial charge in [-0.15, -0.1) is 0 Å². The highest BCUT2D eigenvalue weighted by atomic mass is 16.6. The van der Waals surface area contributed by atoms with Crippen molar-refractivity contribution in [3.8, 4) is 11.3 Å². The van der Waals surface area contributed by atoms with Crippen LogP contribution in [0.3, 0.4) is 0 Å². The average molecular weight is 289 g/mol. The third-order valence-corrected chi connectivity index (χ3v) is 3.13. The Labute approximate surface area is 123 Å². The summed E-state index contributed by atoms with van der Waals surface area (Å²) in [5.74, 6) is 1.30. The maximum atomic E-state index is 10.7. The zero-order valence-corrected chi connectivity index (χ0v) is 12.4. The van der Waals surface area contributed by atoms with Gasteiger partial charge >= 0.3 is 0 Å². The molecule has 0 spiro atoms. The summed E-state index contributed by atoms with van der Waals surface area (Å²) in [6, 6.07) is 5.14. The molecule has 0 atom stereocenters. The number of oxazole rings is 1. The monoisotopic (exact) mass is 289 g/mol. The van der Waals surface area contributed by atoms with Crippen LogP contribution in [0.4, 0.5) is 5.69 Å². The van der Waals surface area contributed by atoms with Gasteiger partial charge in [0.25, 0.3) is 5.69 Å². The summed E-state index contributed by atoms with van der Waals surface area (Å²) < 4.78 is 5.71. The first-order valence-electron chi connectivity index (χ1n) is 6.91. The van der Waals surface area contributed by atoms with E-state index in [9.17, 15) is 10.1 Å². The van der Waals surface area contributed by atoms with Gasteiger partial charge in [-0.3, -0.25) is 10.1 Å². The molecule has 0 saturated heterocycles. The van der Waals surface area contributed by atoms with Gasteiger partial charge in [0.15, 0.2) is 11.7 Å². The van der Waals surface area contributed by atoms with Crippen LogP contribution in [0.1, 0.15) is 25.3 Å². The molecule has 0 saturated carbocycles. The lowest BCUT2D eigenvalue weighted by Crippen LogP contribution is -2.24. The molecule has 1 aromatic heterocycles. The number of rotatable bonds is 6. The second-order valence-corrected chi connectivity index (χ2v) is 5.23. The van der Waals surface area contributed by atoms with Gasteiger partial charge in [-0.25, -0.2) is 4.98 Å². The second kappa shape index (κ2) is 6.49. The Balaban J connectivity index is 2.12. The Hall–Kier alpha value is -2.21. The average Bonchev–Trinajstić information content (AvgIpc) is 2.86. The summed E-state index contributed by atoms with van der Waals surface area (Å²) in [4.78, 5) is 14.6. The van der Waals surface area contributed by atoms with Gasteiger partial charge in [0.05, 0.1) is 11.1 Å². The number of hydrogen-bond donors (Lipinski definition) is 1. The van der Waals surface area contributed by atoms with E-state index in [1.54, 1.807) is 12.3 Å². The van der Waals surface area contributed by atoms with Crippen molar-refractivity contribution >= 4 is 5.69 Å². The smallest absolute Gasteiger partial charge is 0.269 e. The first kappa shape index (κ1) is 15.2. The highest BCUT2D eigenvalue weighted by Gasteiger charge is 2.13. The van der Waals surface area contributed by atoms with E-state index in [1.165, 1.54) is 12.1 Å². The van der Waals surface area contributed by atoms with Crippen LogP contribution in [0.15, 0.2) is 28.8 Å². The van der Waals surface area contributed by atoms with Crippen molar-refractivity contribution in [1.82, 2.24) is 10.3 Å². The van der Waals surface area contributed by atoms with Gasteiger partial charge in [0.2, 0.25) is 0 Å². The van der Waals surface area contributed by atoms with Gasteiger partial charge in [-0.2, -0.15) is 0 Å². The predicted octanol–water partition coefficient (Wildman–Crippen LogP) is 3.10. The molecule has 0 aliphatic carbocycles. The lowest BCUT2D eigenvalue weighted by atomic mass is 10.1. The molecule has 112 valence electrons. The summed E-state index contributed by atoms with van der Waals surface area (Å²) in [5.41, 5.74) is 1.71. The molecule has 0 radical (unpaired) electrons. The van der Waals surface area contributed by atoms with Crippen molar-refractivity contribution in [2.24, 2.45) is 0 Å². The largest absolute Gasteiger partial charge is 0.441 e. The van der Waals surface area contributed by atoms with Crippen molar-refractivity contribution in [2.45, 2.75) is 33.2 Å². The van der Waals surface area contributed by atoms with Crippen molar-refractivity contribution in [2.75, 3.05) is 6.54 Å². The van der Waals surface area contributed by atoms with E-state index in [2.05, 4.69) is 24.1 Å². The molecular weight excluding hydrogens is 270 g/mol. The number of nitro groups is 1.